The zero-order chi connectivity index (χ0) is 16.8. The molecule has 0 aliphatic heterocycles. The monoisotopic (exact) mass is 318 g/mol. The van der Waals surface area contributed by atoms with Crippen molar-refractivity contribution in [1.82, 2.24) is 15.3 Å². The normalized spacial score (nSPS) is 10.2. The number of nitrogens with one attached hydrogen (secondary N) is 2. The van der Waals surface area contributed by atoms with Crippen molar-refractivity contribution in [1.29, 1.82) is 0 Å². The fourth-order valence-corrected chi connectivity index (χ4v) is 2.31. The van der Waals surface area contributed by atoms with Crippen molar-refractivity contribution in [3.8, 4) is 0 Å². The highest BCUT2D eigenvalue weighted by Gasteiger charge is 2.07. The topological polar surface area (TPSA) is 66.9 Å². The minimum Gasteiger partial charge on any atom is -0.354 e. The minimum absolute atomic E-state index is 0.167. The molecule has 0 spiro atoms. The second kappa shape index (κ2) is 7.37. The van der Waals surface area contributed by atoms with E-state index in [1.54, 1.807) is 30.9 Å². The van der Waals surface area contributed by atoms with E-state index in [0.717, 1.165) is 16.9 Å². The zero-order valence-electron chi connectivity index (χ0n) is 13.4. The lowest BCUT2D eigenvalue weighted by molar-refractivity contribution is 0.0950. The first-order valence-corrected chi connectivity index (χ1v) is 7.66. The van der Waals surface area contributed by atoms with Gasteiger partial charge in [-0.05, 0) is 42.3 Å². The van der Waals surface area contributed by atoms with Gasteiger partial charge in [-0.15, -0.1) is 0 Å². The molecule has 2 aromatic heterocycles. The first-order chi connectivity index (χ1) is 11.7. The van der Waals surface area contributed by atoms with Crippen molar-refractivity contribution in [3.05, 3.63) is 83.9 Å². The van der Waals surface area contributed by atoms with Gasteiger partial charge in [0.2, 0.25) is 0 Å². The third-order valence-corrected chi connectivity index (χ3v) is 3.48. The van der Waals surface area contributed by atoms with E-state index in [1.165, 1.54) is 5.56 Å². The highest BCUT2D eigenvalue weighted by atomic mass is 16.1. The molecule has 1 amide bonds. The highest BCUT2D eigenvalue weighted by Crippen LogP contribution is 2.17. The number of pyridine rings is 2. The molecule has 0 unspecified atom stereocenters. The minimum atomic E-state index is -0.167. The Morgan fingerprint density at radius 3 is 2.71 bits per heavy atom. The molecular formula is C19H18N4O. The molecule has 0 aliphatic carbocycles. The summed E-state index contributed by atoms with van der Waals surface area (Å²) < 4.78 is 0. The van der Waals surface area contributed by atoms with Crippen LogP contribution in [0.4, 0.5) is 11.4 Å². The summed E-state index contributed by atoms with van der Waals surface area (Å²) in [6.07, 6.45) is 6.68. The number of aryl methyl sites for hydroxylation is 1. The van der Waals surface area contributed by atoms with Crippen LogP contribution in [0.2, 0.25) is 0 Å². The number of aromatic nitrogens is 2. The van der Waals surface area contributed by atoms with E-state index >= 15 is 0 Å². The SMILES string of the molecule is Cc1cccc(Nc2cncc(C(=O)NCc3cccnc3)c2)c1. The Bertz CT molecular complexity index is 834. The van der Waals surface area contributed by atoms with E-state index in [0.29, 0.717) is 12.1 Å². The van der Waals surface area contributed by atoms with Gasteiger partial charge >= 0.3 is 0 Å². The van der Waals surface area contributed by atoms with E-state index < -0.39 is 0 Å². The van der Waals surface area contributed by atoms with E-state index in [9.17, 15) is 4.79 Å². The smallest absolute Gasteiger partial charge is 0.253 e. The van der Waals surface area contributed by atoms with Crippen LogP contribution in [0.3, 0.4) is 0 Å². The van der Waals surface area contributed by atoms with Gasteiger partial charge < -0.3 is 10.6 Å². The number of hydrogen-bond acceptors (Lipinski definition) is 4. The summed E-state index contributed by atoms with van der Waals surface area (Å²) in [6, 6.07) is 13.6. The molecule has 5 heteroatoms. The summed E-state index contributed by atoms with van der Waals surface area (Å²) >= 11 is 0. The van der Waals surface area contributed by atoms with Gasteiger partial charge in [0, 0.05) is 30.8 Å². The van der Waals surface area contributed by atoms with Crippen molar-refractivity contribution in [2.75, 3.05) is 5.32 Å². The first kappa shape index (κ1) is 15.7. The maximum atomic E-state index is 12.3. The summed E-state index contributed by atoms with van der Waals surface area (Å²) in [5.74, 6) is -0.167. The molecular weight excluding hydrogens is 300 g/mol. The lowest BCUT2D eigenvalue weighted by Crippen LogP contribution is -2.23. The van der Waals surface area contributed by atoms with Crippen LogP contribution in [-0.4, -0.2) is 15.9 Å². The van der Waals surface area contributed by atoms with E-state index in [4.69, 9.17) is 0 Å². The number of benzene rings is 1. The number of hydrogen-bond donors (Lipinski definition) is 2. The summed E-state index contributed by atoms with van der Waals surface area (Å²) in [6.45, 7) is 2.47. The summed E-state index contributed by atoms with van der Waals surface area (Å²) in [5.41, 5.74) is 4.36. The molecule has 1 aromatic carbocycles. The Balaban J connectivity index is 1.67. The Morgan fingerprint density at radius 1 is 1.00 bits per heavy atom. The number of nitrogens with zero attached hydrogens (tertiary/aromatic N) is 2. The standard InChI is InChI=1S/C19H18N4O/c1-14-4-2-6-17(8-14)23-18-9-16(12-21-13-18)19(24)22-11-15-5-3-7-20-10-15/h2-10,12-13,23H,11H2,1H3,(H,22,24). The van der Waals surface area contributed by atoms with E-state index in [2.05, 4.69) is 20.6 Å². The second-order valence-corrected chi connectivity index (χ2v) is 5.50. The molecule has 3 aromatic rings. The maximum Gasteiger partial charge on any atom is 0.253 e. The number of carbonyl (C=O) groups is 1. The fourth-order valence-electron chi connectivity index (χ4n) is 2.31. The lowest BCUT2D eigenvalue weighted by atomic mass is 10.2. The van der Waals surface area contributed by atoms with Gasteiger partial charge in [-0.25, -0.2) is 0 Å². The number of amides is 1. The molecule has 5 nitrogen and oxygen atoms in total. The van der Waals surface area contributed by atoms with Gasteiger partial charge in [-0.2, -0.15) is 0 Å². The molecule has 3 rings (SSSR count). The van der Waals surface area contributed by atoms with Crippen LogP contribution < -0.4 is 10.6 Å². The molecule has 0 saturated heterocycles. The van der Waals surface area contributed by atoms with Gasteiger partial charge in [0.25, 0.3) is 5.91 Å². The number of rotatable bonds is 5. The molecule has 24 heavy (non-hydrogen) atoms. The van der Waals surface area contributed by atoms with Crippen LogP contribution in [0, 0.1) is 6.92 Å². The summed E-state index contributed by atoms with van der Waals surface area (Å²) in [5, 5.41) is 6.13. The van der Waals surface area contributed by atoms with Gasteiger partial charge in [-0.3, -0.25) is 14.8 Å². The van der Waals surface area contributed by atoms with Gasteiger partial charge in [0.05, 0.1) is 17.4 Å². The molecule has 0 bridgehead atoms. The van der Waals surface area contributed by atoms with Crippen molar-refractivity contribution < 1.29 is 4.79 Å². The van der Waals surface area contributed by atoms with Crippen LogP contribution in [0.5, 0.6) is 0 Å². The Morgan fingerprint density at radius 2 is 1.92 bits per heavy atom. The molecule has 0 aliphatic rings. The zero-order valence-corrected chi connectivity index (χ0v) is 13.4. The van der Waals surface area contributed by atoms with Crippen LogP contribution in [0.1, 0.15) is 21.5 Å². The molecule has 120 valence electrons. The number of carbonyl (C=O) groups excluding carboxylic acids is 1. The predicted octanol–water partition coefficient (Wildman–Crippen LogP) is 3.46. The average molecular weight is 318 g/mol. The van der Waals surface area contributed by atoms with Crippen molar-refractivity contribution in [2.24, 2.45) is 0 Å². The Kier molecular flexibility index (Phi) is 4.81. The van der Waals surface area contributed by atoms with Crippen LogP contribution >= 0.6 is 0 Å². The Labute approximate surface area is 140 Å². The first-order valence-electron chi connectivity index (χ1n) is 7.66. The second-order valence-electron chi connectivity index (χ2n) is 5.50. The predicted molar refractivity (Wildman–Crippen MR) is 94.1 cm³/mol. The van der Waals surface area contributed by atoms with Crippen LogP contribution in [0.15, 0.2) is 67.3 Å². The molecule has 0 radical (unpaired) electrons. The quantitative estimate of drug-likeness (QED) is 0.756. The third kappa shape index (κ3) is 4.16. The third-order valence-electron chi connectivity index (χ3n) is 3.48. The molecule has 0 saturated carbocycles. The summed E-state index contributed by atoms with van der Waals surface area (Å²) in [7, 11) is 0. The van der Waals surface area contributed by atoms with E-state index in [-0.39, 0.29) is 5.91 Å². The van der Waals surface area contributed by atoms with Gasteiger partial charge in [-0.1, -0.05) is 18.2 Å². The van der Waals surface area contributed by atoms with Gasteiger partial charge in [0.1, 0.15) is 0 Å². The van der Waals surface area contributed by atoms with Crippen molar-refractivity contribution in [3.63, 3.8) is 0 Å². The van der Waals surface area contributed by atoms with Crippen molar-refractivity contribution in [2.45, 2.75) is 13.5 Å². The summed E-state index contributed by atoms with van der Waals surface area (Å²) in [4.78, 5) is 20.5. The number of anilines is 2. The van der Waals surface area contributed by atoms with Crippen LogP contribution in [0.25, 0.3) is 0 Å². The van der Waals surface area contributed by atoms with Gasteiger partial charge in [0.15, 0.2) is 0 Å². The highest BCUT2D eigenvalue weighted by molar-refractivity contribution is 5.94. The average Bonchev–Trinajstić information content (AvgIpc) is 2.61. The fraction of sp³-hybridized carbons (Fsp3) is 0.105. The lowest BCUT2D eigenvalue weighted by Gasteiger charge is -2.09. The molecule has 2 N–H and O–H groups in total. The van der Waals surface area contributed by atoms with Crippen molar-refractivity contribution >= 4 is 17.3 Å². The molecule has 2 heterocycles. The Hall–Kier alpha value is -3.21. The maximum absolute atomic E-state index is 12.3. The van der Waals surface area contributed by atoms with Crippen LogP contribution in [-0.2, 0) is 6.54 Å². The van der Waals surface area contributed by atoms with E-state index in [1.807, 2.05) is 43.3 Å². The molecule has 0 fully saturated rings. The largest absolute Gasteiger partial charge is 0.354 e. The molecule has 0 atom stereocenters.